The molecule has 126 valence electrons. The number of likely N-dealkylation sites (tertiary alicyclic amines) is 2. The maximum atomic E-state index is 12.2. The lowest BCUT2D eigenvalue weighted by Gasteiger charge is -2.22. The molecule has 3 fully saturated rings. The number of nitrogens with one attached hydrogen (secondary N) is 1. The van der Waals surface area contributed by atoms with Gasteiger partial charge in [-0.05, 0) is 37.5 Å². The van der Waals surface area contributed by atoms with Crippen molar-refractivity contribution in [2.24, 2.45) is 11.8 Å². The van der Waals surface area contributed by atoms with Gasteiger partial charge in [0.05, 0.1) is 12.6 Å². The average molecular weight is 320 g/mol. The lowest BCUT2D eigenvalue weighted by Crippen LogP contribution is -2.43. The third-order valence-corrected chi connectivity index (χ3v) is 5.50. The quantitative estimate of drug-likeness (QED) is 0.715. The van der Waals surface area contributed by atoms with E-state index in [9.17, 15) is 9.59 Å². The van der Waals surface area contributed by atoms with Crippen molar-refractivity contribution in [3.05, 3.63) is 0 Å². The van der Waals surface area contributed by atoms with Gasteiger partial charge < -0.3 is 20.2 Å². The van der Waals surface area contributed by atoms with Gasteiger partial charge in [-0.1, -0.05) is 0 Å². The Bertz CT molecular complexity index is 504. The molecule has 4 atom stereocenters. The van der Waals surface area contributed by atoms with Crippen molar-refractivity contribution in [3.8, 4) is 6.07 Å². The summed E-state index contributed by atoms with van der Waals surface area (Å²) in [5.41, 5.74) is 0. The number of rotatable bonds is 4. The summed E-state index contributed by atoms with van der Waals surface area (Å²) in [5.74, 6) is 0.771. The highest BCUT2D eigenvalue weighted by atomic mass is 16.3. The van der Waals surface area contributed by atoms with Crippen LogP contribution in [-0.4, -0.2) is 71.6 Å². The fourth-order valence-electron chi connectivity index (χ4n) is 4.30. The van der Waals surface area contributed by atoms with Crippen molar-refractivity contribution in [1.29, 1.82) is 5.26 Å². The van der Waals surface area contributed by atoms with E-state index in [0.717, 1.165) is 38.8 Å². The summed E-state index contributed by atoms with van der Waals surface area (Å²) in [6.07, 6.45) is 3.63. The largest absolute Gasteiger partial charge is 0.387 e. The topological polar surface area (TPSA) is 96.7 Å². The minimum absolute atomic E-state index is 0.0168. The Morgan fingerprint density at radius 1 is 1.22 bits per heavy atom. The Balaban J connectivity index is 1.43. The first-order valence-corrected chi connectivity index (χ1v) is 8.43. The van der Waals surface area contributed by atoms with E-state index in [1.165, 1.54) is 0 Å². The maximum absolute atomic E-state index is 12.2. The standard InChI is InChI=1S/C16H24N4O3/c17-6-14-2-1-3-20(14)15(22)7-18-13-4-11-8-19(16(23)10-21)9-12(11)5-13/h11-14,18,21H,1-5,7-10H2/t11-,12+,13?,14?. The van der Waals surface area contributed by atoms with E-state index in [1.807, 2.05) is 0 Å². The first kappa shape index (κ1) is 16.2. The van der Waals surface area contributed by atoms with Gasteiger partial charge in [-0.15, -0.1) is 0 Å². The van der Waals surface area contributed by atoms with E-state index in [1.54, 1.807) is 9.80 Å². The van der Waals surface area contributed by atoms with Gasteiger partial charge in [0, 0.05) is 25.7 Å². The van der Waals surface area contributed by atoms with E-state index in [-0.39, 0.29) is 17.9 Å². The summed E-state index contributed by atoms with van der Waals surface area (Å²) in [5, 5.41) is 21.3. The average Bonchev–Trinajstić information content (AvgIpc) is 3.24. The molecule has 3 aliphatic rings. The van der Waals surface area contributed by atoms with Crippen LogP contribution in [0.5, 0.6) is 0 Å². The summed E-state index contributed by atoms with van der Waals surface area (Å²) in [6, 6.07) is 2.25. The van der Waals surface area contributed by atoms with Crippen molar-refractivity contribution in [2.45, 2.75) is 37.8 Å². The molecule has 0 aromatic heterocycles. The molecule has 23 heavy (non-hydrogen) atoms. The molecule has 1 aliphatic carbocycles. The van der Waals surface area contributed by atoms with Gasteiger partial charge in [0.1, 0.15) is 12.6 Å². The summed E-state index contributed by atoms with van der Waals surface area (Å²) in [6.45, 7) is 2.01. The highest BCUT2D eigenvalue weighted by Gasteiger charge is 2.42. The van der Waals surface area contributed by atoms with Crippen LogP contribution in [0.15, 0.2) is 0 Å². The minimum atomic E-state index is -0.411. The van der Waals surface area contributed by atoms with Gasteiger partial charge in [-0.25, -0.2) is 0 Å². The van der Waals surface area contributed by atoms with Crippen LogP contribution < -0.4 is 5.32 Å². The predicted molar refractivity (Wildman–Crippen MR) is 82.0 cm³/mol. The molecule has 0 aromatic rings. The number of hydrogen-bond donors (Lipinski definition) is 2. The second-order valence-electron chi connectivity index (χ2n) is 6.90. The van der Waals surface area contributed by atoms with E-state index < -0.39 is 6.61 Å². The highest BCUT2D eigenvalue weighted by Crippen LogP contribution is 2.38. The van der Waals surface area contributed by atoms with Crippen LogP contribution in [-0.2, 0) is 9.59 Å². The number of nitriles is 1. The van der Waals surface area contributed by atoms with Gasteiger partial charge in [-0.3, -0.25) is 9.59 Å². The number of carbonyl (C=O) groups excluding carboxylic acids is 2. The molecule has 0 aromatic carbocycles. The summed E-state index contributed by atoms with van der Waals surface area (Å²) in [7, 11) is 0. The maximum Gasteiger partial charge on any atom is 0.248 e. The number of carbonyl (C=O) groups is 2. The molecule has 2 heterocycles. The number of aliphatic hydroxyl groups is 1. The number of fused-ring (bicyclic) bond motifs is 1. The van der Waals surface area contributed by atoms with Crippen molar-refractivity contribution >= 4 is 11.8 Å². The Morgan fingerprint density at radius 2 is 1.91 bits per heavy atom. The van der Waals surface area contributed by atoms with Gasteiger partial charge in [0.25, 0.3) is 0 Å². The van der Waals surface area contributed by atoms with Crippen LogP contribution in [0.1, 0.15) is 25.7 Å². The first-order valence-electron chi connectivity index (χ1n) is 8.43. The van der Waals surface area contributed by atoms with Crippen molar-refractivity contribution in [2.75, 3.05) is 32.8 Å². The summed E-state index contributed by atoms with van der Waals surface area (Å²) >= 11 is 0. The third kappa shape index (κ3) is 3.33. The molecule has 7 nitrogen and oxygen atoms in total. The predicted octanol–water partition coefficient (Wildman–Crippen LogP) is -0.680. The van der Waals surface area contributed by atoms with Crippen LogP contribution in [0.4, 0.5) is 0 Å². The fourth-order valence-corrected chi connectivity index (χ4v) is 4.30. The molecule has 2 N–H and O–H groups in total. The zero-order valence-electron chi connectivity index (χ0n) is 13.3. The molecular formula is C16H24N4O3. The molecule has 3 rings (SSSR count). The summed E-state index contributed by atoms with van der Waals surface area (Å²) in [4.78, 5) is 27.2. The van der Waals surface area contributed by atoms with Crippen molar-refractivity contribution in [1.82, 2.24) is 15.1 Å². The van der Waals surface area contributed by atoms with Crippen molar-refractivity contribution in [3.63, 3.8) is 0 Å². The van der Waals surface area contributed by atoms with E-state index >= 15 is 0 Å². The molecule has 1 saturated carbocycles. The van der Waals surface area contributed by atoms with Gasteiger partial charge >= 0.3 is 0 Å². The Hall–Kier alpha value is -1.65. The van der Waals surface area contributed by atoms with Crippen LogP contribution >= 0.6 is 0 Å². The zero-order valence-corrected chi connectivity index (χ0v) is 13.3. The van der Waals surface area contributed by atoms with Gasteiger partial charge in [0.2, 0.25) is 11.8 Å². The molecule has 2 amide bonds. The lowest BCUT2D eigenvalue weighted by molar-refractivity contribution is -0.133. The third-order valence-electron chi connectivity index (χ3n) is 5.50. The smallest absolute Gasteiger partial charge is 0.248 e. The number of aliphatic hydroxyl groups excluding tert-OH is 1. The molecule has 2 unspecified atom stereocenters. The number of amides is 2. The second kappa shape index (κ2) is 6.85. The Morgan fingerprint density at radius 3 is 2.52 bits per heavy atom. The lowest BCUT2D eigenvalue weighted by atomic mass is 10.0. The van der Waals surface area contributed by atoms with Crippen molar-refractivity contribution < 1.29 is 14.7 Å². The zero-order chi connectivity index (χ0) is 16.4. The monoisotopic (exact) mass is 320 g/mol. The molecule has 0 bridgehead atoms. The normalized spacial score (nSPS) is 32.9. The van der Waals surface area contributed by atoms with Crippen LogP contribution in [0.3, 0.4) is 0 Å². The molecular weight excluding hydrogens is 296 g/mol. The number of hydrogen-bond acceptors (Lipinski definition) is 5. The molecule has 0 radical (unpaired) electrons. The Kier molecular flexibility index (Phi) is 4.83. The van der Waals surface area contributed by atoms with Gasteiger partial charge in [-0.2, -0.15) is 5.26 Å². The van der Waals surface area contributed by atoms with E-state index in [4.69, 9.17) is 10.4 Å². The van der Waals surface area contributed by atoms with Crippen LogP contribution in [0.2, 0.25) is 0 Å². The van der Waals surface area contributed by atoms with E-state index in [2.05, 4.69) is 11.4 Å². The fraction of sp³-hybridized carbons (Fsp3) is 0.812. The number of nitrogens with zero attached hydrogens (tertiary/aromatic N) is 3. The minimum Gasteiger partial charge on any atom is -0.387 e. The first-order chi connectivity index (χ1) is 11.1. The van der Waals surface area contributed by atoms with Crippen LogP contribution in [0, 0.1) is 23.2 Å². The SMILES string of the molecule is N#CC1CCCN1C(=O)CNC1C[C@@H]2CN(C(=O)CO)C[C@@H]2C1. The highest BCUT2D eigenvalue weighted by molar-refractivity contribution is 5.79. The molecule has 2 aliphatic heterocycles. The van der Waals surface area contributed by atoms with E-state index in [0.29, 0.717) is 31.0 Å². The molecule has 2 saturated heterocycles. The van der Waals surface area contributed by atoms with Crippen LogP contribution in [0.25, 0.3) is 0 Å². The second-order valence-corrected chi connectivity index (χ2v) is 6.90. The van der Waals surface area contributed by atoms with Gasteiger partial charge in [0.15, 0.2) is 0 Å². The molecule has 7 heteroatoms. The summed E-state index contributed by atoms with van der Waals surface area (Å²) < 4.78 is 0. The molecule has 0 spiro atoms. The Labute approximate surface area is 136 Å².